The molecule has 28 heavy (non-hydrogen) atoms. The number of para-hydroxylation sites is 1. The summed E-state index contributed by atoms with van der Waals surface area (Å²) in [5.74, 6) is -0.338. The Morgan fingerprint density at radius 3 is 2.39 bits per heavy atom. The van der Waals surface area contributed by atoms with Crippen molar-refractivity contribution in [3.8, 4) is 0 Å². The average Bonchev–Trinajstić information content (AvgIpc) is 2.66. The molecule has 150 valence electrons. The number of anilines is 1. The normalized spacial score (nSPS) is 16.5. The lowest BCUT2D eigenvalue weighted by Gasteiger charge is -2.38. The number of nitrogens with one attached hydrogen (secondary N) is 1. The lowest BCUT2D eigenvalue weighted by molar-refractivity contribution is -0.386. The summed E-state index contributed by atoms with van der Waals surface area (Å²) in [6, 6.07) is 10.4. The molecule has 0 radical (unpaired) electrons. The van der Waals surface area contributed by atoms with E-state index in [9.17, 15) is 22.9 Å². The number of nitrogens with zero attached hydrogens (tertiary/aromatic N) is 1. The average molecular weight is 408 g/mol. The fourth-order valence-electron chi connectivity index (χ4n) is 3.55. The van der Waals surface area contributed by atoms with Crippen LogP contribution in [0.1, 0.15) is 18.4 Å². The van der Waals surface area contributed by atoms with Gasteiger partial charge >= 0.3 is 5.69 Å². The van der Waals surface area contributed by atoms with Gasteiger partial charge in [0.25, 0.3) is 0 Å². The van der Waals surface area contributed by atoms with Gasteiger partial charge in [0.15, 0.2) is 9.84 Å². The number of rotatable bonds is 6. The van der Waals surface area contributed by atoms with Crippen LogP contribution >= 0.6 is 0 Å². The molecule has 7 nitrogen and oxygen atoms in total. The van der Waals surface area contributed by atoms with Crippen molar-refractivity contribution in [2.45, 2.75) is 23.2 Å². The van der Waals surface area contributed by atoms with E-state index in [4.69, 9.17) is 4.74 Å². The Bertz CT molecular complexity index is 970. The van der Waals surface area contributed by atoms with Crippen molar-refractivity contribution in [3.05, 3.63) is 64.0 Å². The van der Waals surface area contributed by atoms with Gasteiger partial charge in [-0.15, -0.1) is 0 Å². The molecule has 0 saturated carbocycles. The molecule has 0 aliphatic carbocycles. The standard InChI is InChI=1S/C19H21FN2O5S/c1-28(25,26)17-4-2-3-16(18(17)22(23)24)21-13-19(9-11-27-12-10-19)14-5-7-15(20)8-6-14/h2-8,21H,9-13H2,1H3. The van der Waals surface area contributed by atoms with E-state index in [1.807, 2.05) is 0 Å². The van der Waals surface area contributed by atoms with Gasteiger partial charge in [-0.2, -0.15) is 0 Å². The highest BCUT2D eigenvalue weighted by Crippen LogP contribution is 2.37. The largest absolute Gasteiger partial charge is 0.381 e. The van der Waals surface area contributed by atoms with Gasteiger partial charge in [-0.3, -0.25) is 10.1 Å². The van der Waals surface area contributed by atoms with Crippen LogP contribution in [0.4, 0.5) is 15.8 Å². The van der Waals surface area contributed by atoms with Crippen LogP contribution in [-0.4, -0.2) is 39.4 Å². The van der Waals surface area contributed by atoms with E-state index >= 15 is 0 Å². The fraction of sp³-hybridized carbons (Fsp3) is 0.368. The van der Waals surface area contributed by atoms with E-state index in [0.717, 1.165) is 11.8 Å². The SMILES string of the molecule is CS(=O)(=O)c1cccc(NCC2(c3ccc(F)cc3)CCOCC2)c1[N+](=O)[O-]. The molecule has 1 aliphatic heterocycles. The summed E-state index contributed by atoms with van der Waals surface area (Å²) >= 11 is 0. The van der Waals surface area contributed by atoms with Crippen molar-refractivity contribution in [1.82, 2.24) is 0 Å². The maximum atomic E-state index is 13.4. The second-order valence-electron chi connectivity index (χ2n) is 6.93. The zero-order valence-corrected chi connectivity index (χ0v) is 16.2. The number of ether oxygens (including phenoxy) is 1. The molecule has 0 bridgehead atoms. The molecule has 0 atom stereocenters. The maximum Gasteiger partial charge on any atom is 0.310 e. The molecule has 1 aliphatic rings. The highest BCUT2D eigenvalue weighted by atomic mass is 32.2. The summed E-state index contributed by atoms with van der Waals surface area (Å²) < 4.78 is 42.7. The smallest absolute Gasteiger partial charge is 0.310 e. The minimum Gasteiger partial charge on any atom is -0.381 e. The third-order valence-electron chi connectivity index (χ3n) is 5.10. The molecule has 3 rings (SSSR count). The van der Waals surface area contributed by atoms with Crippen molar-refractivity contribution < 1.29 is 22.5 Å². The minimum atomic E-state index is -3.76. The topological polar surface area (TPSA) is 98.5 Å². The Kier molecular flexibility index (Phi) is 5.66. The second kappa shape index (κ2) is 7.84. The van der Waals surface area contributed by atoms with Gasteiger partial charge in [-0.25, -0.2) is 12.8 Å². The number of halogens is 1. The Balaban J connectivity index is 1.96. The van der Waals surface area contributed by atoms with Crippen molar-refractivity contribution in [3.63, 3.8) is 0 Å². The van der Waals surface area contributed by atoms with Crippen molar-refractivity contribution >= 4 is 21.2 Å². The van der Waals surface area contributed by atoms with E-state index in [1.165, 1.54) is 30.3 Å². The van der Waals surface area contributed by atoms with Crippen LogP contribution in [0.25, 0.3) is 0 Å². The summed E-state index contributed by atoms with van der Waals surface area (Å²) in [5, 5.41) is 14.6. The summed E-state index contributed by atoms with van der Waals surface area (Å²) in [6.45, 7) is 1.37. The van der Waals surface area contributed by atoms with Crippen LogP contribution in [0, 0.1) is 15.9 Å². The molecule has 0 aromatic heterocycles. The Morgan fingerprint density at radius 1 is 1.18 bits per heavy atom. The zero-order chi connectivity index (χ0) is 20.4. The van der Waals surface area contributed by atoms with E-state index in [0.29, 0.717) is 32.6 Å². The van der Waals surface area contributed by atoms with Gasteiger partial charge in [-0.05, 0) is 42.7 Å². The van der Waals surface area contributed by atoms with Crippen LogP contribution in [0.3, 0.4) is 0 Å². The highest BCUT2D eigenvalue weighted by Gasteiger charge is 2.35. The molecule has 1 heterocycles. The van der Waals surface area contributed by atoms with Gasteiger partial charge in [0.2, 0.25) is 0 Å². The molecule has 1 saturated heterocycles. The van der Waals surface area contributed by atoms with E-state index < -0.39 is 25.9 Å². The summed E-state index contributed by atoms with van der Waals surface area (Å²) in [6.07, 6.45) is 2.26. The first-order valence-corrected chi connectivity index (χ1v) is 10.7. The molecule has 0 spiro atoms. The van der Waals surface area contributed by atoms with Crippen LogP contribution in [0.5, 0.6) is 0 Å². The lowest BCUT2D eigenvalue weighted by Crippen LogP contribution is -2.40. The summed E-state index contributed by atoms with van der Waals surface area (Å²) in [5.41, 5.74) is 0.180. The Labute approximate surface area is 162 Å². The molecular formula is C19H21FN2O5S. The molecule has 2 aromatic rings. The van der Waals surface area contributed by atoms with Gasteiger partial charge in [0.1, 0.15) is 16.4 Å². The monoisotopic (exact) mass is 408 g/mol. The minimum absolute atomic E-state index is 0.140. The first kappa shape index (κ1) is 20.2. The van der Waals surface area contributed by atoms with Crippen LogP contribution in [0.2, 0.25) is 0 Å². The number of sulfone groups is 1. The number of hydrogen-bond donors (Lipinski definition) is 1. The van der Waals surface area contributed by atoms with E-state index in [1.54, 1.807) is 12.1 Å². The van der Waals surface area contributed by atoms with Gasteiger partial charge in [0.05, 0.1) is 4.92 Å². The van der Waals surface area contributed by atoms with Gasteiger partial charge < -0.3 is 10.1 Å². The first-order valence-electron chi connectivity index (χ1n) is 8.78. The fourth-order valence-corrected chi connectivity index (χ4v) is 4.41. The van der Waals surface area contributed by atoms with Crippen molar-refractivity contribution in [2.75, 3.05) is 31.3 Å². The molecule has 1 N–H and O–H groups in total. The van der Waals surface area contributed by atoms with Crippen molar-refractivity contribution in [1.29, 1.82) is 0 Å². The third-order valence-corrected chi connectivity index (χ3v) is 6.23. The molecule has 0 unspecified atom stereocenters. The van der Waals surface area contributed by atoms with Crippen LogP contribution < -0.4 is 5.32 Å². The van der Waals surface area contributed by atoms with Crippen LogP contribution in [-0.2, 0) is 20.0 Å². The summed E-state index contributed by atoms with van der Waals surface area (Å²) in [7, 11) is -3.76. The third kappa shape index (κ3) is 4.15. The number of hydrogen-bond acceptors (Lipinski definition) is 6. The number of nitro benzene ring substituents is 1. The second-order valence-corrected chi connectivity index (χ2v) is 8.92. The Morgan fingerprint density at radius 2 is 1.82 bits per heavy atom. The zero-order valence-electron chi connectivity index (χ0n) is 15.4. The van der Waals surface area contributed by atoms with E-state index in [2.05, 4.69) is 5.32 Å². The molecule has 2 aromatic carbocycles. The summed E-state index contributed by atoms with van der Waals surface area (Å²) in [4.78, 5) is 10.6. The first-order chi connectivity index (χ1) is 13.2. The quantitative estimate of drug-likeness (QED) is 0.582. The predicted molar refractivity (Wildman–Crippen MR) is 103 cm³/mol. The van der Waals surface area contributed by atoms with Crippen molar-refractivity contribution in [2.24, 2.45) is 0 Å². The molecule has 9 heteroatoms. The van der Waals surface area contributed by atoms with Gasteiger partial charge in [0, 0.05) is 31.4 Å². The van der Waals surface area contributed by atoms with Gasteiger partial charge in [-0.1, -0.05) is 18.2 Å². The lowest BCUT2D eigenvalue weighted by atomic mass is 9.74. The Hall–Kier alpha value is -2.52. The molecule has 0 amide bonds. The number of benzene rings is 2. The maximum absolute atomic E-state index is 13.4. The molecular weight excluding hydrogens is 387 g/mol. The van der Waals surface area contributed by atoms with Crippen LogP contribution in [0.15, 0.2) is 47.4 Å². The number of nitro groups is 1. The highest BCUT2D eigenvalue weighted by molar-refractivity contribution is 7.90. The predicted octanol–water partition coefficient (Wildman–Crippen LogP) is 3.30. The molecule has 1 fully saturated rings. The van der Waals surface area contributed by atoms with E-state index in [-0.39, 0.29) is 16.4 Å².